The van der Waals surface area contributed by atoms with Crippen LogP contribution in [0.25, 0.3) is 0 Å². The molecule has 6 heteroatoms. The lowest BCUT2D eigenvalue weighted by Gasteiger charge is -2.10. The SMILES string of the molecule is Cc1ccc(NCC(=O)Nc2cc(F)cc(F)c2)c(Cl)c1. The van der Waals surface area contributed by atoms with E-state index in [-0.39, 0.29) is 12.2 Å². The maximum absolute atomic E-state index is 13.0. The van der Waals surface area contributed by atoms with Gasteiger partial charge >= 0.3 is 0 Å². The predicted molar refractivity (Wildman–Crippen MR) is 79.7 cm³/mol. The van der Waals surface area contributed by atoms with E-state index in [4.69, 9.17) is 11.6 Å². The highest BCUT2D eigenvalue weighted by molar-refractivity contribution is 6.33. The molecule has 110 valence electrons. The standard InChI is InChI=1S/C15H13ClF2N2O/c1-9-2-3-14(13(16)4-9)19-8-15(21)20-12-6-10(17)5-11(18)7-12/h2-7,19H,8H2,1H3,(H,20,21). The molecule has 3 nitrogen and oxygen atoms in total. The molecule has 2 aromatic rings. The lowest BCUT2D eigenvalue weighted by atomic mass is 10.2. The second-order valence-corrected chi connectivity index (χ2v) is 4.95. The van der Waals surface area contributed by atoms with E-state index in [0.29, 0.717) is 10.7 Å². The van der Waals surface area contributed by atoms with Crippen molar-refractivity contribution in [3.63, 3.8) is 0 Å². The van der Waals surface area contributed by atoms with Crippen molar-refractivity contribution in [2.24, 2.45) is 0 Å². The highest BCUT2D eigenvalue weighted by Crippen LogP contribution is 2.22. The molecule has 0 heterocycles. The van der Waals surface area contributed by atoms with Crippen LogP contribution < -0.4 is 10.6 Å². The number of rotatable bonds is 4. The number of anilines is 2. The van der Waals surface area contributed by atoms with Crippen LogP contribution in [-0.4, -0.2) is 12.5 Å². The van der Waals surface area contributed by atoms with Crippen LogP contribution in [0.2, 0.25) is 5.02 Å². The summed E-state index contributed by atoms with van der Waals surface area (Å²) < 4.78 is 26.0. The average Bonchev–Trinajstić information content (AvgIpc) is 2.36. The Hall–Kier alpha value is -2.14. The zero-order valence-corrected chi connectivity index (χ0v) is 12.0. The van der Waals surface area contributed by atoms with Crippen molar-refractivity contribution in [1.82, 2.24) is 0 Å². The van der Waals surface area contributed by atoms with E-state index in [1.807, 2.05) is 13.0 Å². The molecule has 0 atom stereocenters. The Bertz CT molecular complexity index is 656. The number of amides is 1. The number of hydrogen-bond donors (Lipinski definition) is 2. The minimum absolute atomic E-state index is 0.0642. The van der Waals surface area contributed by atoms with Crippen molar-refractivity contribution in [2.45, 2.75) is 6.92 Å². The molecule has 0 bridgehead atoms. The van der Waals surface area contributed by atoms with Crippen LogP contribution >= 0.6 is 11.6 Å². The third kappa shape index (κ3) is 4.43. The highest BCUT2D eigenvalue weighted by atomic mass is 35.5. The van der Waals surface area contributed by atoms with Gasteiger partial charge in [0, 0.05) is 11.8 Å². The number of hydrogen-bond acceptors (Lipinski definition) is 2. The first-order valence-electron chi connectivity index (χ1n) is 6.20. The summed E-state index contributed by atoms with van der Waals surface area (Å²) in [6.07, 6.45) is 0. The summed E-state index contributed by atoms with van der Waals surface area (Å²) in [5, 5.41) is 5.76. The fraction of sp³-hybridized carbons (Fsp3) is 0.133. The molecule has 21 heavy (non-hydrogen) atoms. The molecule has 0 saturated heterocycles. The average molecular weight is 311 g/mol. The monoisotopic (exact) mass is 310 g/mol. The molecular weight excluding hydrogens is 298 g/mol. The molecule has 0 aliphatic carbocycles. The van der Waals surface area contributed by atoms with Gasteiger partial charge in [0.2, 0.25) is 5.91 Å². The zero-order valence-electron chi connectivity index (χ0n) is 11.2. The van der Waals surface area contributed by atoms with Crippen molar-refractivity contribution < 1.29 is 13.6 Å². The van der Waals surface area contributed by atoms with Crippen LogP contribution in [0.15, 0.2) is 36.4 Å². The Morgan fingerprint density at radius 3 is 2.43 bits per heavy atom. The first-order valence-corrected chi connectivity index (χ1v) is 6.58. The van der Waals surface area contributed by atoms with Gasteiger partial charge in [0.15, 0.2) is 0 Å². The Morgan fingerprint density at radius 2 is 1.81 bits per heavy atom. The van der Waals surface area contributed by atoms with Gasteiger partial charge in [-0.3, -0.25) is 4.79 Å². The molecule has 0 saturated carbocycles. The molecule has 0 radical (unpaired) electrons. The van der Waals surface area contributed by atoms with Crippen molar-refractivity contribution in [2.75, 3.05) is 17.2 Å². The first kappa shape index (κ1) is 15.3. The van der Waals surface area contributed by atoms with Gasteiger partial charge < -0.3 is 10.6 Å². The van der Waals surface area contributed by atoms with E-state index < -0.39 is 17.5 Å². The first-order chi connectivity index (χ1) is 9.94. The van der Waals surface area contributed by atoms with Crippen LogP contribution in [0.3, 0.4) is 0 Å². The third-order valence-electron chi connectivity index (χ3n) is 2.71. The molecule has 0 aliphatic rings. The molecular formula is C15H13ClF2N2O. The molecule has 0 unspecified atom stereocenters. The van der Waals surface area contributed by atoms with Gasteiger partial charge in [0.25, 0.3) is 0 Å². The maximum atomic E-state index is 13.0. The summed E-state index contributed by atoms with van der Waals surface area (Å²) in [6.45, 7) is 1.84. The molecule has 2 aromatic carbocycles. The lowest BCUT2D eigenvalue weighted by Crippen LogP contribution is -2.22. The van der Waals surface area contributed by atoms with E-state index in [1.54, 1.807) is 12.1 Å². The van der Waals surface area contributed by atoms with Gasteiger partial charge in [0.05, 0.1) is 17.3 Å². The Kier molecular flexibility index (Phi) is 4.75. The molecule has 0 fully saturated rings. The van der Waals surface area contributed by atoms with E-state index in [9.17, 15) is 13.6 Å². The Labute approximate surface area is 125 Å². The number of benzene rings is 2. The Morgan fingerprint density at radius 1 is 1.14 bits per heavy atom. The van der Waals surface area contributed by atoms with Crippen molar-refractivity contribution in [3.8, 4) is 0 Å². The van der Waals surface area contributed by atoms with Gasteiger partial charge in [0.1, 0.15) is 11.6 Å². The smallest absolute Gasteiger partial charge is 0.243 e. The van der Waals surface area contributed by atoms with Crippen molar-refractivity contribution >= 4 is 28.9 Å². The normalized spacial score (nSPS) is 10.3. The molecule has 0 spiro atoms. The van der Waals surface area contributed by atoms with Crippen LogP contribution in [0, 0.1) is 18.6 Å². The van der Waals surface area contributed by atoms with Gasteiger partial charge in [-0.2, -0.15) is 0 Å². The van der Waals surface area contributed by atoms with Crippen LogP contribution in [0.4, 0.5) is 20.2 Å². The molecule has 0 aromatic heterocycles. The number of carbonyl (C=O) groups excluding carboxylic acids is 1. The summed E-state index contributed by atoms with van der Waals surface area (Å²) in [4.78, 5) is 11.7. The van der Waals surface area contributed by atoms with Gasteiger partial charge in [-0.15, -0.1) is 0 Å². The lowest BCUT2D eigenvalue weighted by molar-refractivity contribution is -0.114. The van der Waals surface area contributed by atoms with Gasteiger partial charge in [-0.1, -0.05) is 17.7 Å². The van der Waals surface area contributed by atoms with Gasteiger partial charge in [-0.05, 0) is 36.8 Å². The molecule has 2 rings (SSSR count). The Balaban J connectivity index is 1.95. The third-order valence-corrected chi connectivity index (χ3v) is 3.02. The fourth-order valence-corrected chi connectivity index (χ4v) is 2.07. The fourth-order valence-electron chi connectivity index (χ4n) is 1.77. The minimum atomic E-state index is -0.750. The number of halogens is 3. The minimum Gasteiger partial charge on any atom is -0.375 e. The van der Waals surface area contributed by atoms with Crippen LogP contribution in [-0.2, 0) is 4.79 Å². The summed E-state index contributed by atoms with van der Waals surface area (Å²) in [7, 11) is 0. The summed E-state index contributed by atoms with van der Waals surface area (Å²) in [5.41, 5.74) is 1.68. The molecule has 2 N–H and O–H groups in total. The van der Waals surface area contributed by atoms with Crippen LogP contribution in [0.1, 0.15) is 5.56 Å². The second-order valence-electron chi connectivity index (χ2n) is 4.54. The van der Waals surface area contributed by atoms with Gasteiger partial charge in [-0.25, -0.2) is 8.78 Å². The highest BCUT2D eigenvalue weighted by Gasteiger charge is 2.07. The number of aryl methyl sites for hydroxylation is 1. The van der Waals surface area contributed by atoms with E-state index in [0.717, 1.165) is 23.8 Å². The second kappa shape index (κ2) is 6.54. The zero-order chi connectivity index (χ0) is 15.4. The quantitative estimate of drug-likeness (QED) is 0.897. The summed E-state index contributed by atoms with van der Waals surface area (Å²) in [5.74, 6) is -1.93. The van der Waals surface area contributed by atoms with E-state index in [1.165, 1.54) is 0 Å². The topological polar surface area (TPSA) is 41.1 Å². The number of nitrogens with one attached hydrogen (secondary N) is 2. The van der Waals surface area contributed by atoms with E-state index in [2.05, 4.69) is 10.6 Å². The maximum Gasteiger partial charge on any atom is 0.243 e. The largest absolute Gasteiger partial charge is 0.375 e. The molecule has 0 aliphatic heterocycles. The predicted octanol–water partition coefficient (Wildman–Crippen LogP) is 3.98. The van der Waals surface area contributed by atoms with Crippen LogP contribution in [0.5, 0.6) is 0 Å². The van der Waals surface area contributed by atoms with Crippen molar-refractivity contribution in [1.29, 1.82) is 0 Å². The summed E-state index contributed by atoms with van der Waals surface area (Å²) >= 11 is 6.02. The summed E-state index contributed by atoms with van der Waals surface area (Å²) in [6, 6.07) is 8.20. The number of carbonyl (C=O) groups is 1. The van der Waals surface area contributed by atoms with Crippen molar-refractivity contribution in [3.05, 3.63) is 58.6 Å². The molecule has 1 amide bonds. The van der Waals surface area contributed by atoms with E-state index >= 15 is 0 Å².